The molecular formula is C16H16ClN3O. The fourth-order valence-electron chi connectivity index (χ4n) is 2.35. The van der Waals surface area contributed by atoms with Gasteiger partial charge in [0.15, 0.2) is 0 Å². The summed E-state index contributed by atoms with van der Waals surface area (Å²) in [5, 5.41) is 0.400. The molecule has 1 aromatic carbocycles. The smallest absolute Gasteiger partial charge is 0.258 e. The molecule has 21 heavy (non-hydrogen) atoms. The van der Waals surface area contributed by atoms with E-state index in [0.717, 1.165) is 18.4 Å². The van der Waals surface area contributed by atoms with Crippen molar-refractivity contribution in [1.29, 1.82) is 0 Å². The van der Waals surface area contributed by atoms with Crippen molar-refractivity contribution in [3.8, 4) is 0 Å². The molecule has 1 amide bonds. The molecule has 2 aromatic rings. The van der Waals surface area contributed by atoms with Crippen LogP contribution in [0.4, 0.5) is 5.69 Å². The predicted octanol–water partition coefficient (Wildman–Crippen LogP) is 3.12. The van der Waals surface area contributed by atoms with Gasteiger partial charge in [0.25, 0.3) is 5.91 Å². The van der Waals surface area contributed by atoms with Crippen LogP contribution in [0.5, 0.6) is 0 Å². The van der Waals surface area contributed by atoms with Gasteiger partial charge in [-0.25, -0.2) is 0 Å². The maximum absolute atomic E-state index is 12.8. The highest BCUT2D eigenvalue weighted by molar-refractivity contribution is 6.34. The van der Waals surface area contributed by atoms with Crippen LogP contribution in [0.15, 0.2) is 42.7 Å². The molecule has 0 spiro atoms. The molecule has 5 heteroatoms. The molecule has 1 aliphatic rings. The second kappa shape index (κ2) is 5.74. The quantitative estimate of drug-likeness (QED) is 0.883. The van der Waals surface area contributed by atoms with Crippen molar-refractivity contribution in [3.63, 3.8) is 0 Å². The van der Waals surface area contributed by atoms with E-state index in [4.69, 9.17) is 17.3 Å². The van der Waals surface area contributed by atoms with Crippen LogP contribution in [-0.2, 0) is 6.54 Å². The molecule has 0 saturated heterocycles. The van der Waals surface area contributed by atoms with Gasteiger partial charge in [-0.15, -0.1) is 0 Å². The van der Waals surface area contributed by atoms with E-state index in [1.165, 1.54) is 0 Å². The van der Waals surface area contributed by atoms with E-state index < -0.39 is 0 Å². The zero-order valence-corrected chi connectivity index (χ0v) is 12.3. The van der Waals surface area contributed by atoms with Crippen molar-refractivity contribution in [1.82, 2.24) is 9.88 Å². The second-order valence-corrected chi connectivity index (χ2v) is 5.64. The Bertz CT molecular complexity index is 636. The monoisotopic (exact) mass is 301 g/mol. The average molecular weight is 302 g/mol. The Morgan fingerprint density at radius 3 is 2.76 bits per heavy atom. The van der Waals surface area contributed by atoms with E-state index in [1.807, 2.05) is 17.0 Å². The van der Waals surface area contributed by atoms with Crippen molar-refractivity contribution in [2.45, 2.75) is 25.4 Å². The first kappa shape index (κ1) is 13.9. The van der Waals surface area contributed by atoms with Crippen LogP contribution in [0.1, 0.15) is 28.8 Å². The van der Waals surface area contributed by atoms with E-state index in [9.17, 15) is 4.79 Å². The summed E-state index contributed by atoms with van der Waals surface area (Å²) in [6.07, 6.45) is 5.55. The summed E-state index contributed by atoms with van der Waals surface area (Å²) >= 11 is 6.16. The molecule has 0 atom stereocenters. The number of nitrogens with two attached hydrogens (primary N) is 1. The van der Waals surface area contributed by atoms with Gasteiger partial charge in [0.05, 0.1) is 10.6 Å². The van der Waals surface area contributed by atoms with Gasteiger partial charge in [-0.1, -0.05) is 23.7 Å². The largest absolute Gasteiger partial charge is 0.398 e. The van der Waals surface area contributed by atoms with Crippen LogP contribution in [0.25, 0.3) is 0 Å². The lowest BCUT2D eigenvalue weighted by Gasteiger charge is -2.23. The molecule has 108 valence electrons. The first-order valence-electron chi connectivity index (χ1n) is 6.90. The average Bonchev–Trinajstić information content (AvgIpc) is 3.30. The number of rotatable bonds is 4. The number of nitrogen functional groups attached to an aromatic ring is 1. The normalized spacial score (nSPS) is 14.0. The highest BCUT2D eigenvalue weighted by Gasteiger charge is 2.34. The van der Waals surface area contributed by atoms with Gasteiger partial charge in [0.1, 0.15) is 0 Å². The lowest BCUT2D eigenvalue weighted by molar-refractivity contribution is 0.0731. The molecule has 3 rings (SSSR count). The molecule has 1 heterocycles. The molecule has 1 fully saturated rings. The zero-order chi connectivity index (χ0) is 14.8. The van der Waals surface area contributed by atoms with Gasteiger partial charge in [0, 0.05) is 30.7 Å². The number of carbonyl (C=O) groups excluding carboxylic acids is 1. The Balaban J connectivity index is 1.89. The van der Waals surface area contributed by atoms with Crippen LogP contribution in [-0.4, -0.2) is 21.8 Å². The summed E-state index contributed by atoms with van der Waals surface area (Å²) in [5.74, 6) is -0.107. The third-order valence-electron chi connectivity index (χ3n) is 3.58. The minimum atomic E-state index is -0.107. The maximum atomic E-state index is 12.8. The molecule has 0 aliphatic heterocycles. The highest BCUT2D eigenvalue weighted by Crippen LogP contribution is 2.32. The van der Waals surface area contributed by atoms with Crippen molar-refractivity contribution in [3.05, 3.63) is 58.9 Å². The first-order chi connectivity index (χ1) is 10.2. The standard InChI is InChI=1S/C16H16ClN3O/c17-13-4-1-5-14(18)15(13)16(21)20(12-6-7-12)10-11-3-2-8-19-9-11/h1-5,8-9,12H,6-7,10,18H2. The van der Waals surface area contributed by atoms with Crippen LogP contribution >= 0.6 is 11.6 Å². The number of benzene rings is 1. The molecular weight excluding hydrogens is 286 g/mol. The molecule has 0 radical (unpaired) electrons. The Morgan fingerprint density at radius 2 is 2.14 bits per heavy atom. The Morgan fingerprint density at radius 1 is 1.33 bits per heavy atom. The van der Waals surface area contributed by atoms with E-state index >= 15 is 0 Å². The van der Waals surface area contributed by atoms with Gasteiger partial charge in [-0.3, -0.25) is 9.78 Å². The highest BCUT2D eigenvalue weighted by atomic mass is 35.5. The van der Waals surface area contributed by atoms with Crippen LogP contribution in [0, 0.1) is 0 Å². The Kier molecular flexibility index (Phi) is 3.80. The fourth-order valence-corrected chi connectivity index (χ4v) is 2.61. The van der Waals surface area contributed by atoms with E-state index in [0.29, 0.717) is 22.8 Å². The number of anilines is 1. The first-order valence-corrected chi connectivity index (χ1v) is 7.28. The van der Waals surface area contributed by atoms with Gasteiger partial charge < -0.3 is 10.6 Å². The minimum Gasteiger partial charge on any atom is -0.398 e. The third-order valence-corrected chi connectivity index (χ3v) is 3.90. The number of hydrogen-bond donors (Lipinski definition) is 1. The summed E-state index contributed by atoms with van der Waals surface area (Å²) in [6, 6.07) is 9.25. The van der Waals surface area contributed by atoms with Crippen molar-refractivity contribution < 1.29 is 4.79 Å². The lowest BCUT2D eigenvalue weighted by Crippen LogP contribution is -2.33. The van der Waals surface area contributed by atoms with E-state index in [2.05, 4.69) is 4.98 Å². The topological polar surface area (TPSA) is 59.2 Å². The number of hydrogen-bond acceptors (Lipinski definition) is 3. The van der Waals surface area contributed by atoms with Gasteiger partial charge in [-0.05, 0) is 36.6 Å². The number of nitrogens with zero attached hydrogens (tertiary/aromatic N) is 2. The second-order valence-electron chi connectivity index (χ2n) is 5.23. The Labute approximate surface area is 128 Å². The zero-order valence-electron chi connectivity index (χ0n) is 11.5. The summed E-state index contributed by atoms with van der Waals surface area (Å²) in [6.45, 7) is 0.530. The molecule has 1 aliphatic carbocycles. The van der Waals surface area contributed by atoms with Crippen molar-refractivity contribution >= 4 is 23.2 Å². The molecule has 0 bridgehead atoms. The van der Waals surface area contributed by atoms with Crippen molar-refractivity contribution in [2.75, 3.05) is 5.73 Å². The molecule has 2 N–H and O–H groups in total. The Hall–Kier alpha value is -2.07. The summed E-state index contributed by atoms with van der Waals surface area (Å²) in [4.78, 5) is 18.8. The van der Waals surface area contributed by atoms with Gasteiger partial charge >= 0.3 is 0 Å². The number of carbonyl (C=O) groups is 1. The van der Waals surface area contributed by atoms with Crippen LogP contribution < -0.4 is 5.73 Å². The molecule has 4 nitrogen and oxygen atoms in total. The predicted molar refractivity (Wildman–Crippen MR) is 83.0 cm³/mol. The summed E-state index contributed by atoms with van der Waals surface area (Å²) < 4.78 is 0. The van der Waals surface area contributed by atoms with Crippen molar-refractivity contribution in [2.24, 2.45) is 0 Å². The number of aromatic nitrogens is 1. The molecule has 0 unspecified atom stereocenters. The molecule has 1 aromatic heterocycles. The maximum Gasteiger partial charge on any atom is 0.258 e. The van der Waals surface area contributed by atoms with Crippen LogP contribution in [0.2, 0.25) is 5.02 Å². The van der Waals surface area contributed by atoms with E-state index in [1.54, 1.807) is 30.6 Å². The summed E-state index contributed by atoms with van der Waals surface area (Å²) in [7, 11) is 0. The lowest BCUT2D eigenvalue weighted by atomic mass is 10.1. The third kappa shape index (κ3) is 3.00. The number of amides is 1. The number of halogens is 1. The van der Waals surface area contributed by atoms with Gasteiger partial charge in [0.2, 0.25) is 0 Å². The fraction of sp³-hybridized carbons (Fsp3) is 0.250. The van der Waals surface area contributed by atoms with Gasteiger partial charge in [-0.2, -0.15) is 0 Å². The number of pyridine rings is 1. The molecule has 1 saturated carbocycles. The SMILES string of the molecule is Nc1cccc(Cl)c1C(=O)N(Cc1cccnc1)C1CC1. The van der Waals surface area contributed by atoms with E-state index in [-0.39, 0.29) is 11.9 Å². The summed E-state index contributed by atoms with van der Waals surface area (Å²) in [5.41, 5.74) is 7.75. The van der Waals surface area contributed by atoms with Crippen LogP contribution in [0.3, 0.4) is 0 Å². The minimum absolute atomic E-state index is 0.107.